The zero-order valence-corrected chi connectivity index (χ0v) is 17.3. The maximum absolute atomic E-state index is 12.8. The maximum Gasteiger partial charge on any atom is 0.306 e. The van der Waals surface area contributed by atoms with Gasteiger partial charge in [0.05, 0.1) is 24.7 Å². The third-order valence-electron chi connectivity index (χ3n) is 4.86. The average molecular weight is 414 g/mol. The standard InChI is InChI=1S/C24H22N4O3/c1-17-3-6-19(23(29)27-16-18-4-7-21(30-2)8-5-18)15-22(17)28(24-26-13-14-31-24)20-9-11-25-12-10-20/h3-15H,16H2,1-2H3,(H,27,29). The normalized spacial score (nSPS) is 10.5. The first-order valence-electron chi connectivity index (χ1n) is 9.77. The Balaban J connectivity index is 1.60. The first-order chi connectivity index (χ1) is 15.2. The third-order valence-corrected chi connectivity index (χ3v) is 4.86. The summed E-state index contributed by atoms with van der Waals surface area (Å²) in [5, 5.41) is 2.97. The topological polar surface area (TPSA) is 80.5 Å². The summed E-state index contributed by atoms with van der Waals surface area (Å²) in [6, 6.07) is 17.3. The minimum atomic E-state index is -0.167. The highest BCUT2D eigenvalue weighted by Crippen LogP contribution is 2.35. The first-order valence-corrected chi connectivity index (χ1v) is 9.77. The molecule has 4 rings (SSSR count). The molecule has 0 bridgehead atoms. The Morgan fingerprint density at radius 3 is 2.52 bits per heavy atom. The molecule has 0 atom stereocenters. The van der Waals surface area contributed by atoms with Crippen molar-refractivity contribution in [2.75, 3.05) is 12.0 Å². The van der Waals surface area contributed by atoms with E-state index in [0.29, 0.717) is 18.1 Å². The number of nitrogens with zero attached hydrogens (tertiary/aromatic N) is 3. The van der Waals surface area contributed by atoms with Crippen molar-refractivity contribution in [3.8, 4) is 5.75 Å². The van der Waals surface area contributed by atoms with Crippen LogP contribution in [0.25, 0.3) is 0 Å². The second kappa shape index (κ2) is 9.13. The number of aromatic nitrogens is 2. The van der Waals surface area contributed by atoms with Crippen molar-refractivity contribution in [2.24, 2.45) is 0 Å². The summed E-state index contributed by atoms with van der Waals surface area (Å²) in [6.45, 7) is 2.39. The van der Waals surface area contributed by atoms with Crippen LogP contribution in [0.15, 0.2) is 83.9 Å². The number of amides is 1. The number of hydrogen-bond donors (Lipinski definition) is 1. The van der Waals surface area contributed by atoms with Crippen LogP contribution < -0.4 is 15.0 Å². The molecular weight excluding hydrogens is 392 g/mol. The molecule has 0 aliphatic heterocycles. The SMILES string of the molecule is COc1ccc(CNC(=O)c2ccc(C)c(N(c3ccncc3)c3ncco3)c2)cc1. The molecular formula is C24H22N4O3. The van der Waals surface area contributed by atoms with Gasteiger partial charge in [-0.25, -0.2) is 4.98 Å². The predicted octanol–water partition coefficient (Wildman–Crippen LogP) is 4.79. The van der Waals surface area contributed by atoms with E-state index in [4.69, 9.17) is 9.15 Å². The average Bonchev–Trinajstić information content (AvgIpc) is 3.34. The molecule has 0 saturated carbocycles. The molecule has 0 radical (unpaired) electrons. The number of methoxy groups -OCH3 is 1. The van der Waals surface area contributed by atoms with Crippen molar-refractivity contribution < 1.29 is 13.9 Å². The largest absolute Gasteiger partial charge is 0.497 e. The number of carbonyl (C=O) groups excluding carboxylic acids is 1. The lowest BCUT2D eigenvalue weighted by Crippen LogP contribution is -2.23. The van der Waals surface area contributed by atoms with E-state index in [2.05, 4.69) is 15.3 Å². The van der Waals surface area contributed by atoms with Gasteiger partial charge in [0, 0.05) is 24.5 Å². The van der Waals surface area contributed by atoms with E-state index in [1.54, 1.807) is 25.7 Å². The summed E-state index contributed by atoms with van der Waals surface area (Å²) < 4.78 is 10.7. The molecule has 2 heterocycles. The van der Waals surface area contributed by atoms with E-state index in [-0.39, 0.29) is 5.91 Å². The zero-order valence-electron chi connectivity index (χ0n) is 17.3. The Bertz CT molecular complexity index is 1140. The third kappa shape index (κ3) is 4.56. The van der Waals surface area contributed by atoms with Gasteiger partial charge in [-0.05, 0) is 54.4 Å². The van der Waals surface area contributed by atoms with Gasteiger partial charge in [0.25, 0.3) is 5.91 Å². The number of carbonyl (C=O) groups is 1. The highest BCUT2D eigenvalue weighted by atomic mass is 16.5. The van der Waals surface area contributed by atoms with Crippen molar-refractivity contribution in [1.82, 2.24) is 15.3 Å². The minimum Gasteiger partial charge on any atom is -0.497 e. The molecule has 7 nitrogen and oxygen atoms in total. The molecule has 7 heteroatoms. The number of nitrogens with one attached hydrogen (secondary N) is 1. The van der Waals surface area contributed by atoms with E-state index in [0.717, 1.165) is 28.3 Å². The van der Waals surface area contributed by atoms with E-state index in [1.807, 2.05) is 66.4 Å². The van der Waals surface area contributed by atoms with E-state index in [9.17, 15) is 4.79 Å². The van der Waals surface area contributed by atoms with E-state index < -0.39 is 0 Å². The highest BCUT2D eigenvalue weighted by molar-refractivity contribution is 5.96. The maximum atomic E-state index is 12.8. The molecule has 156 valence electrons. The molecule has 0 unspecified atom stereocenters. The van der Waals surface area contributed by atoms with Crippen LogP contribution in [0.1, 0.15) is 21.5 Å². The fourth-order valence-electron chi connectivity index (χ4n) is 3.19. The summed E-state index contributed by atoms with van der Waals surface area (Å²) in [4.78, 5) is 23.1. The van der Waals surface area contributed by atoms with Crippen LogP contribution >= 0.6 is 0 Å². The molecule has 1 amide bonds. The number of benzene rings is 2. The van der Waals surface area contributed by atoms with Gasteiger partial charge < -0.3 is 14.5 Å². The number of ether oxygens (including phenoxy) is 1. The van der Waals surface area contributed by atoms with Crippen LogP contribution in [0.5, 0.6) is 5.75 Å². The Morgan fingerprint density at radius 2 is 1.84 bits per heavy atom. The summed E-state index contributed by atoms with van der Waals surface area (Å²) in [5.74, 6) is 0.611. The molecule has 0 saturated heterocycles. The van der Waals surface area contributed by atoms with Crippen molar-refractivity contribution in [3.05, 3.63) is 96.1 Å². The molecule has 31 heavy (non-hydrogen) atoms. The lowest BCUT2D eigenvalue weighted by molar-refractivity contribution is 0.0951. The smallest absolute Gasteiger partial charge is 0.306 e. The monoisotopic (exact) mass is 414 g/mol. The highest BCUT2D eigenvalue weighted by Gasteiger charge is 2.20. The number of anilines is 3. The van der Waals surface area contributed by atoms with Crippen molar-refractivity contribution >= 4 is 23.3 Å². The van der Waals surface area contributed by atoms with Gasteiger partial charge in [-0.1, -0.05) is 18.2 Å². The first kappa shape index (κ1) is 20.2. The molecule has 0 fully saturated rings. The number of pyridine rings is 1. The van der Waals surface area contributed by atoms with Crippen LogP contribution in [0.3, 0.4) is 0 Å². The Labute approximate surface area is 180 Å². The second-order valence-corrected chi connectivity index (χ2v) is 6.89. The molecule has 4 aromatic rings. The minimum absolute atomic E-state index is 0.167. The Morgan fingerprint density at radius 1 is 1.06 bits per heavy atom. The van der Waals surface area contributed by atoms with Crippen LogP contribution in [0, 0.1) is 6.92 Å². The summed E-state index contributed by atoms with van der Waals surface area (Å²) in [6.07, 6.45) is 6.51. The van der Waals surface area contributed by atoms with E-state index >= 15 is 0 Å². The number of rotatable bonds is 7. The Kier molecular flexibility index (Phi) is 5.93. The molecule has 0 aliphatic rings. The summed E-state index contributed by atoms with van der Waals surface area (Å²) >= 11 is 0. The lowest BCUT2D eigenvalue weighted by Gasteiger charge is -2.23. The fraction of sp³-hybridized carbons (Fsp3) is 0.125. The number of oxazole rings is 1. The Hall–Kier alpha value is -4.13. The van der Waals surface area contributed by atoms with Gasteiger partial charge in [-0.15, -0.1) is 0 Å². The number of aryl methyl sites for hydroxylation is 1. The van der Waals surface area contributed by atoms with Crippen LogP contribution in [-0.4, -0.2) is 23.0 Å². The van der Waals surface area contributed by atoms with Gasteiger partial charge in [0.1, 0.15) is 12.0 Å². The zero-order chi connectivity index (χ0) is 21.6. The number of hydrogen-bond acceptors (Lipinski definition) is 6. The van der Waals surface area contributed by atoms with Crippen molar-refractivity contribution in [3.63, 3.8) is 0 Å². The summed E-state index contributed by atoms with van der Waals surface area (Å²) in [5.41, 5.74) is 4.13. The van der Waals surface area contributed by atoms with Crippen LogP contribution in [0.4, 0.5) is 17.4 Å². The van der Waals surface area contributed by atoms with Crippen molar-refractivity contribution in [1.29, 1.82) is 0 Å². The van der Waals surface area contributed by atoms with Gasteiger partial charge in [0.15, 0.2) is 0 Å². The summed E-state index contributed by atoms with van der Waals surface area (Å²) in [7, 11) is 1.62. The predicted molar refractivity (Wildman–Crippen MR) is 118 cm³/mol. The lowest BCUT2D eigenvalue weighted by atomic mass is 10.1. The molecule has 0 spiro atoms. The molecule has 2 aromatic carbocycles. The van der Waals surface area contributed by atoms with Crippen LogP contribution in [0.2, 0.25) is 0 Å². The van der Waals surface area contributed by atoms with Crippen LogP contribution in [-0.2, 0) is 6.54 Å². The van der Waals surface area contributed by atoms with Gasteiger partial charge in [0.2, 0.25) is 0 Å². The van der Waals surface area contributed by atoms with Gasteiger partial charge in [-0.3, -0.25) is 14.7 Å². The quantitative estimate of drug-likeness (QED) is 0.468. The van der Waals surface area contributed by atoms with Gasteiger partial charge in [-0.2, -0.15) is 0 Å². The molecule has 2 aromatic heterocycles. The molecule has 0 aliphatic carbocycles. The van der Waals surface area contributed by atoms with Gasteiger partial charge >= 0.3 is 6.01 Å². The molecule has 1 N–H and O–H groups in total. The second-order valence-electron chi connectivity index (χ2n) is 6.89. The van der Waals surface area contributed by atoms with Crippen molar-refractivity contribution in [2.45, 2.75) is 13.5 Å². The fourth-order valence-corrected chi connectivity index (χ4v) is 3.19. The van der Waals surface area contributed by atoms with E-state index in [1.165, 1.54) is 6.26 Å².